The van der Waals surface area contributed by atoms with Crippen molar-refractivity contribution in [1.82, 2.24) is 15.2 Å². The minimum Gasteiger partial charge on any atom is -0.432 e. The molecule has 190 valence electrons. The van der Waals surface area contributed by atoms with Gasteiger partial charge in [-0.05, 0) is 56.5 Å². The van der Waals surface area contributed by atoms with Gasteiger partial charge in [0.25, 0.3) is 11.8 Å². The van der Waals surface area contributed by atoms with Crippen LogP contribution in [0.1, 0.15) is 51.8 Å². The van der Waals surface area contributed by atoms with Crippen LogP contribution in [0.4, 0.5) is 23.2 Å². The lowest BCUT2D eigenvalue weighted by atomic mass is 10.1. The number of rotatable bonds is 6. The predicted molar refractivity (Wildman–Crippen MR) is 122 cm³/mol. The van der Waals surface area contributed by atoms with Gasteiger partial charge < -0.3 is 10.1 Å². The van der Waals surface area contributed by atoms with E-state index in [1.54, 1.807) is 0 Å². The molecule has 1 aromatic carbocycles. The van der Waals surface area contributed by atoms with Crippen LogP contribution in [-0.2, 0) is 15.9 Å². The van der Waals surface area contributed by atoms with Gasteiger partial charge in [0.05, 0.1) is 15.4 Å². The standard InChI is InChI=1S/C23H21F4N5O3S/c1-11-18(21(33)30-14-5-4-6-15(9-14)36(3,28)34)22(32-31-20(11)23(25,26)27)35-19-12(2)29-17(10-16(19)24)13-7-8-13/h4-6,9-10,13,28H,7-8H2,1-3H3,(H,30,33). The fourth-order valence-corrected chi connectivity index (χ4v) is 4.26. The number of anilines is 1. The molecule has 0 spiro atoms. The number of nitrogens with one attached hydrogen (secondary N) is 2. The maximum Gasteiger partial charge on any atom is 0.435 e. The summed E-state index contributed by atoms with van der Waals surface area (Å²) in [6.45, 7) is 2.50. The van der Waals surface area contributed by atoms with Crippen LogP contribution in [0.5, 0.6) is 11.6 Å². The summed E-state index contributed by atoms with van der Waals surface area (Å²) in [5.74, 6) is -2.72. The number of ether oxygens (including phenoxy) is 1. The summed E-state index contributed by atoms with van der Waals surface area (Å²) in [4.78, 5) is 17.6. The highest BCUT2D eigenvalue weighted by atomic mass is 32.2. The molecular formula is C23H21F4N5O3S. The average molecular weight is 524 g/mol. The number of halogens is 4. The molecule has 4 rings (SSSR count). The van der Waals surface area contributed by atoms with Crippen LogP contribution in [0.2, 0.25) is 0 Å². The molecule has 2 N–H and O–H groups in total. The molecule has 1 amide bonds. The van der Waals surface area contributed by atoms with Crippen molar-refractivity contribution in [3.63, 3.8) is 0 Å². The normalized spacial score (nSPS) is 15.3. The van der Waals surface area contributed by atoms with E-state index in [2.05, 4.69) is 20.5 Å². The summed E-state index contributed by atoms with van der Waals surface area (Å²) in [5.41, 5.74) is -1.84. The minimum atomic E-state index is -4.92. The van der Waals surface area contributed by atoms with Gasteiger partial charge in [-0.1, -0.05) is 6.07 Å². The number of carbonyl (C=O) groups is 1. The fourth-order valence-electron chi connectivity index (χ4n) is 3.57. The topological polar surface area (TPSA) is 118 Å². The summed E-state index contributed by atoms with van der Waals surface area (Å²) in [6, 6.07) is 6.73. The fraction of sp³-hybridized carbons (Fsp3) is 0.304. The van der Waals surface area contributed by atoms with Crippen LogP contribution >= 0.6 is 0 Å². The van der Waals surface area contributed by atoms with Crippen molar-refractivity contribution in [3.05, 3.63) is 64.4 Å². The molecule has 1 fully saturated rings. The Morgan fingerprint density at radius 2 is 1.89 bits per heavy atom. The van der Waals surface area contributed by atoms with Crippen molar-refractivity contribution in [3.8, 4) is 11.6 Å². The second kappa shape index (κ2) is 9.12. The van der Waals surface area contributed by atoms with Crippen molar-refractivity contribution in [2.75, 3.05) is 11.6 Å². The minimum absolute atomic E-state index is 0.0767. The van der Waals surface area contributed by atoms with E-state index >= 15 is 0 Å². The number of hydrogen-bond acceptors (Lipinski definition) is 7. The zero-order chi connectivity index (χ0) is 26.4. The number of aromatic nitrogens is 3. The Hall–Kier alpha value is -3.61. The van der Waals surface area contributed by atoms with Crippen LogP contribution in [0.3, 0.4) is 0 Å². The third-order valence-electron chi connectivity index (χ3n) is 5.53. The molecule has 1 saturated carbocycles. The van der Waals surface area contributed by atoms with Gasteiger partial charge in [0, 0.05) is 28.5 Å². The molecule has 3 aromatic rings. The van der Waals surface area contributed by atoms with E-state index in [1.807, 2.05) is 0 Å². The first kappa shape index (κ1) is 25.5. The molecule has 0 saturated heterocycles. The van der Waals surface area contributed by atoms with Gasteiger partial charge >= 0.3 is 6.18 Å². The summed E-state index contributed by atoms with van der Waals surface area (Å²) in [7, 11) is -3.12. The van der Waals surface area contributed by atoms with Crippen molar-refractivity contribution in [2.24, 2.45) is 0 Å². The van der Waals surface area contributed by atoms with E-state index in [4.69, 9.17) is 9.52 Å². The quantitative estimate of drug-likeness (QED) is 0.406. The number of hydrogen-bond donors (Lipinski definition) is 2. The summed E-state index contributed by atoms with van der Waals surface area (Å²) in [5, 5.41) is 9.03. The average Bonchev–Trinajstić information content (AvgIpc) is 3.60. The summed E-state index contributed by atoms with van der Waals surface area (Å²) < 4.78 is 80.6. The van der Waals surface area contributed by atoms with Crippen LogP contribution in [0.25, 0.3) is 0 Å². The number of pyridine rings is 1. The molecule has 1 unspecified atom stereocenters. The molecule has 8 nitrogen and oxygen atoms in total. The molecule has 0 aliphatic heterocycles. The second-order valence-corrected chi connectivity index (χ2v) is 10.7. The van der Waals surface area contributed by atoms with E-state index in [9.17, 15) is 26.6 Å². The Morgan fingerprint density at radius 1 is 1.19 bits per heavy atom. The smallest absolute Gasteiger partial charge is 0.432 e. The lowest BCUT2D eigenvalue weighted by Crippen LogP contribution is -2.21. The van der Waals surface area contributed by atoms with E-state index in [1.165, 1.54) is 43.5 Å². The highest BCUT2D eigenvalue weighted by molar-refractivity contribution is 7.91. The Bertz CT molecular complexity index is 1450. The third kappa shape index (κ3) is 5.30. The molecule has 1 atom stereocenters. The first-order valence-corrected chi connectivity index (χ1v) is 12.7. The summed E-state index contributed by atoms with van der Waals surface area (Å²) in [6.07, 6.45) is -1.97. The molecular weight excluding hydrogens is 502 g/mol. The van der Waals surface area contributed by atoms with Gasteiger partial charge in [-0.25, -0.2) is 13.4 Å². The van der Waals surface area contributed by atoms with Crippen LogP contribution in [-0.4, -0.2) is 31.6 Å². The van der Waals surface area contributed by atoms with Crippen molar-refractivity contribution >= 4 is 21.3 Å². The molecule has 0 bridgehead atoms. The van der Waals surface area contributed by atoms with Crippen molar-refractivity contribution in [2.45, 2.75) is 43.7 Å². The first-order chi connectivity index (χ1) is 16.8. The predicted octanol–water partition coefficient (Wildman–Crippen LogP) is 5.60. The SMILES string of the molecule is Cc1nc(C2CC2)cc(F)c1Oc1nnc(C(F)(F)F)c(C)c1C(=O)Nc1cccc(S(C)(=N)=O)c1. The Balaban J connectivity index is 1.76. The number of carbonyl (C=O) groups excluding carboxylic acids is 1. The zero-order valence-corrected chi connectivity index (χ0v) is 20.2. The number of aryl methyl sites for hydroxylation is 1. The molecule has 13 heteroatoms. The van der Waals surface area contributed by atoms with Crippen LogP contribution in [0.15, 0.2) is 35.2 Å². The largest absolute Gasteiger partial charge is 0.435 e. The van der Waals surface area contributed by atoms with E-state index in [-0.39, 0.29) is 27.9 Å². The van der Waals surface area contributed by atoms with Gasteiger partial charge in [0.2, 0.25) is 0 Å². The third-order valence-corrected chi connectivity index (χ3v) is 6.69. The zero-order valence-electron chi connectivity index (χ0n) is 19.4. The molecule has 1 aliphatic carbocycles. The van der Waals surface area contributed by atoms with Gasteiger partial charge in [-0.3, -0.25) is 9.78 Å². The Morgan fingerprint density at radius 3 is 2.47 bits per heavy atom. The summed E-state index contributed by atoms with van der Waals surface area (Å²) >= 11 is 0. The maximum absolute atomic E-state index is 14.9. The first-order valence-electron chi connectivity index (χ1n) is 10.7. The number of nitrogens with zero attached hydrogens (tertiary/aromatic N) is 3. The molecule has 1 aliphatic rings. The monoisotopic (exact) mass is 523 g/mol. The Labute approximate surface area is 204 Å². The van der Waals surface area contributed by atoms with Crippen molar-refractivity contribution < 1.29 is 31.3 Å². The van der Waals surface area contributed by atoms with E-state index in [0.29, 0.717) is 5.69 Å². The van der Waals surface area contributed by atoms with E-state index < -0.39 is 50.3 Å². The van der Waals surface area contributed by atoms with Crippen LogP contribution < -0.4 is 10.1 Å². The number of benzene rings is 1. The molecule has 0 radical (unpaired) electrons. The van der Waals surface area contributed by atoms with Gasteiger partial charge in [0.15, 0.2) is 17.3 Å². The van der Waals surface area contributed by atoms with Gasteiger partial charge in [-0.15, -0.1) is 10.2 Å². The molecule has 2 heterocycles. The number of amides is 1. The number of alkyl halides is 3. The lowest BCUT2D eigenvalue weighted by molar-refractivity contribution is -0.142. The molecule has 2 aromatic heterocycles. The maximum atomic E-state index is 14.9. The second-order valence-electron chi connectivity index (χ2n) is 8.50. The van der Waals surface area contributed by atoms with Gasteiger partial charge in [0.1, 0.15) is 5.56 Å². The van der Waals surface area contributed by atoms with Crippen LogP contribution in [0, 0.1) is 24.4 Å². The lowest BCUT2D eigenvalue weighted by Gasteiger charge is -2.17. The Kier molecular flexibility index (Phi) is 6.45. The van der Waals surface area contributed by atoms with Crippen molar-refractivity contribution in [1.29, 1.82) is 4.78 Å². The molecule has 36 heavy (non-hydrogen) atoms. The van der Waals surface area contributed by atoms with E-state index in [0.717, 1.165) is 19.8 Å². The van der Waals surface area contributed by atoms with Gasteiger partial charge in [-0.2, -0.15) is 13.2 Å². The highest BCUT2D eigenvalue weighted by Crippen LogP contribution is 2.41. The highest BCUT2D eigenvalue weighted by Gasteiger charge is 2.38.